The van der Waals surface area contributed by atoms with Crippen molar-refractivity contribution in [2.24, 2.45) is 5.92 Å². The van der Waals surface area contributed by atoms with Crippen LogP contribution in [0.1, 0.15) is 38.3 Å². The van der Waals surface area contributed by atoms with Crippen LogP contribution in [0.5, 0.6) is 0 Å². The van der Waals surface area contributed by atoms with Gasteiger partial charge in [-0.25, -0.2) is 0 Å². The molecular formula is C14H24ClN. The smallest absolute Gasteiger partial charge is 0.0205 e. The number of benzene rings is 1. The molecule has 0 aliphatic rings. The minimum absolute atomic E-state index is 0. The molecule has 1 aromatic carbocycles. The lowest BCUT2D eigenvalue weighted by molar-refractivity contribution is 0.646. The maximum Gasteiger partial charge on any atom is 0.0205 e. The highest BCUT2D eigenvalue weighted by atomic mass is 35.5. The van der Waals surface area contributed by atoms with Crippen LogP contribution in [0.25, 0.3) is 0 Å². The zero-order valence-corrected chi connectivity index (χ0v) is 11.4. The van der Waals surface area contributed by atoms with Crippen LogP contribution in [-0.4, -0.2) is 6.54 Å². The molecule has 0 radical (unpaired) electrons. The van der Waals surface area contributed by atoms with E-state index in [4.69, 9.17) is 0 Å². The summed E-state index contributed by atoms with van der Waals surface area (Å²) in [6, 6.07) is 8.98. The molecular weight excluding hydrogens is 218 g/mol. The highest BCUT2D eigenvalue weighted by molar-refractivity contribution is 5.85. The Morgan fingerprint density at radius 2 is 1.62 bits per heavy atom. The van der Waals surface area contributed by atoms with E-state index in [2.05, 4.69) is 50.4 Å². The monoisotopic (exact) mass is 241 g/mol. The predicted molar refractivity (Wildman–Crippen MR) is 74.2 cm³/mol. The summed E-state index contributed by atoms with van der Waals surface area (Å²) in [7, 11) is 0. The molecule has 0 spiro atoms. The summed E-state index contributed by atoms with van der Waals surface area (Å²) in [6.07, 6.45) is 2.38. The van der Waals surface area contributed by atoms with E-state index in [1.165, 1.54) is 24.0 Å². The quantitative estimate of drug-likeness (QED) is 0.747. The van der Waals surface area contributed by atoms with Crippen molar-refractivity contribution in [1.29, 1.82) is 0 Å². The van der Waals surface area contributed by atoms with Crippen molar-refractivity contribution in [2.75, 3.05) is 6.54 Å². The van der Waals surface area contributed by atoms with Crippen molar-refractivity contribution in [2.45, 2.75) is 40.2 Å². The molecule has 0 aromatic heterocycles. The fourth-order valence-electron chi connectivity index (χ4n) is 1.67. The van der Waals surface area contributed by atoms with Crippen molar-refractivity contribution < 1.29 is 0 Å². The van der Waals surface area contributed by atoms with E-state index in [9.17, 15) is 0 Å². The molecule has 1 N–H and O–H groups in total. The number of hydrogen-bond donors (Lipinski definition) is 1. The van der Waals surface area contributed by atoms with Gasteiger partial charge in [-0.15, -0.1) is 12.4 Å². The van der Waals surface area contributed by atoms with Gasteiger partial charge in [-0.2, -0.15) is 0 Å². The van der Waals surface area contributed by atoms with Gasteiger partial charge in [0.2, 0.25) is 0 Å². The minimum atomic E-state index is 0. The minimum Gasteiger partial charge on any atom is -0.313 e. The Morgan fingerprint density at radius 1 is 1.06 bits per heavy atom. The Balaban J connectivity index is 0.00000225. The van der Waals surface area contributed by atoms with Gasteiger partial charge in [-0.1, -0.05) is 45.0 Å². The first kappa shape index (κ1) is 15.5. The van der Waals surface area contributed by atoms with E-state index in [0.717, 1.165) is 19.0 Å². The zero-order chi connectivity index (χ0) is 11.1. The summed E-state index contributed by atoms with van der Waals surface area (Å²) in [6.45, 7) is 8.82. The molecule has 0 fully saturated rings. The Morgan fingerprint density at radius 3 is 2.12 bits per heavy atom. The third-order valence-electron chi connectivity index (χ3n) is 2.42. The van der Waals surface area contributed by atoms with Crippen LogP contribution in [-0.2, 0) is 13.0 Å². The second-order valence-electron chi connectivity index (χ2n) is 4.59. The summed E-state index contributed by atoms with van der Waals surface area (Å²) in [5.41, 5.74) is 2.83. The molecule has 1 rings (SSSR count). The standard InChI is InChI=1S/C14H23N.ClH/c1-4-9-15-11-14-7-5-13(6-8-14)10-12(2)3;/h5-8,12,15H,4,9-11H2,1-3H3;1H. The Bertz CT molecular complexity index is 267. The van der Waals surface area contributed by atoms with Gasteiger partial charge in [0.15, 0.2) is 0 Å². The molecule has 0 bridgehead atoms. The van der Waals surface area contributed by atoms with Crippen molar-refractivity contribution in [3.63, 3.8) is 0 Å². The molecule has 0 amide bonds. The van der Waals surface area contributed by atoms with Crippen LogP contribution in [0, 0.1) is 5.92 Å². The molecule has 0 aliphatic heterocycles. The summed E-state index contributed by atoms with van der Waals surface area (Å²) in [5.74, 6) is 0.745. The zero-order valence-electron chi connectivity index (χ0n) is 10.6. The van der Waals surface area contributed by atoms with Crippen LogP contribution in [0.4, 0.5) is 0 Å². The molecule has 1 aromatic rings. The molecule has 0 saturated heterocycles. The number of rotatable bonds is 6. The lowest BCUT2D eigenvalue weighted by Gasteiger charge is -2.07. The van der Waals surface area contributed by atoms with Gasteiger partial charge in [-0.3, -0.25) is 0 Å². The van der Waals surface area contributed by atoms with Gasteiger partial charge in [0, 0.05) is 6.54 Å². The number of halogens is 1. The topological polar surface area (TPSA) is 12.0 Å². The van der Waals surface area contributed by atoms with Gasteiger partial charge in [0.25, 0.3) is 0 Å². The summed E-state index contributed by atoms with van der Waals surface area (Å²) >= 11 is 0. The van der Waals surface area contributed by atoms with Gasteiger partial charge in [0.05, 0.1) is 0 Å². The molecule has 92 valence electrons. The highest BCUT2D eigenvalue weighted by Crippen LogP contribution is 2.09. The Hall–Kier alpha value is -0.530. The SMILES string of the molecule is CCCNCc1ccc(CC(C)C)cc1.Cl. The summed E-state index contributed by atoms with van der Waals surface area (Å²) < 4.78 is 0. The molecule has 1 nitrogen and oxygen atoms in total. The lowest BCUT2D eigenvalue weighted by atomic mass is 10.0. The number of hydrogen-bond acceptors (Lipinski definition) is 1. The molecule has 0 atom stereocenters. The van der Waals surface area contributed by atoms with Gasteiger partial charge in [0.1, 0.15) is 0 Å². The average molecular weight is 242 g/mol. The van der Waals surface area contributed by atoms with Crippen LogP contribution in [0.3, 0.4) is 0 Å². The second kappa shape index (κ2) is 8.60. The van der Waals surface area contributed by atoms with E-state index >= 15 is 0 Å². The van der Waals surface area contributed by atoms with E-state index < -0.39 is 0 Å². The molecule has 0 aliphatic carbocycles. The number of nitrogens with one attached hydrogen (secondary N) is 1. The van der Waals surface area contributed by atoms with E-state index in [-0.39, 0.29) is 12.4 Å². The Labute approximate surface area is 106 Å². The predicted octanol–water partition coefficient (Wildman–Crippen LogP) is 3.81. The maximum absolute atomic E-state index is 3.41. The fraction of sp³-hybridized carbons (Fsp3) is 0.571. The lowest BCUT2D eigenvalue weighted by Crippen LogP contribution is -2.13. The van der Waals surface area contributed by atoms with Gasteiger partial charge < -0.3 is 5.32 Å². The fourth-order valence-corrected chi connectivity index (χ4v) is 1.67. The molecule has 16 heavy (non-hydrogen) atoms. The molecule has 0 saturated carbocycles. The molecule has 0 heterocycles. The third-order valence-corrected chi connectivity index (χ3v) is 2.42. The van der Waals surface area contributed by atoms with Crippen LogP contribution in [0.15, 0.2) is 24.3 Å². The van der Waals surface area contributed by atoms with Crippen LogP contribution >= 0.6 is 12.4 Å². The third kappa shape index (κ3) is 6.14. The first-order chi connectivity index (χ1) is 7.22. The van der Waals surface area contributed by atoms with E-state index in [1.807, 2.05) is 0 Å². The van der Waals surface area contributed by atoms with E-state index in [1.54, 1.807) is 0 Å². The van der Waals surface area contributed by atoms with Crippen LogP contribution in [0.2, 0.25) is 0 Å². The second-order valence-corrected chi connectivity index (χ2v) is 4.59. The normalized spacial score (nSPS) is 10.2. The molecule has 2 heteroatoms. The first-order valence-corrected chi connectivity index (χ1v) is 6.01. The largest absolute Gasteiger partial charge is 0.313 e. The van der Waals surface area contributed by atoms with Crippen molar-refractivity contribution in [3.05, 3.63) is 35.4 Å². The van der Waals surface area contributed by atoms with Crippen LogP contribution < -0.4 is 5.32 Å². The summed E-state index contributed by atoms with van der Waals surface area (Å²) in [5, 5.41) is 3.41. The summed E-state index contributed by atoms with van der Waals surface area (Å²) in [4.78, 5) is 0. The van der Waals surface area contributed by atoms with Crippen molar-refractivity contribution in [1.82, 2.24) is 5.32 Å². The van der Waals surface area contributed by atoms with E-state index in [0.29, 0.717) is 0 Å². The van der Waals surface area contributed by atoms with Gasteiger partial charge >= 0.3 is 0 Å². The van der Waals surface area contributed by atoms with Crippen molar-refractivity contribution >= 4 is 12.4 Å². The van der Waals surface area contributed by atoms with Crippen molar-refractivity contribution in [3.8, 4) is 0 Å². The molecule has 0 unspecified atom stereocenters. The Kier molecular flexibility index (Phi) is 8.32. The first-order valence-electron chi connectivity index (χ1n) is 6.01. The average Bonchev–Trinajstić information content (AvgIpc) is 2.20. The maximum atomic E-state index is 3.41. The van der Waals surface area contributed by atoms with Gasteiger partial charge in [-0.05, 0) is 36.4 Å². The highest BCUT2D eigenvalue weighted by Gasteiger charge is 1.97.